The topological polar surface area (TPSA) is 56.1 Å². The van der Waals surface area contributed by atoms with E-state index >= 15 is 0 Å². The first-order valence-electron chi connectivity index (χ1n) is 9.90. The summed E-state index contributed by atoms with van der Waals surface area (Å²) in [4.78, 5) is 18.0. The van der Waals surface area contributed by atoms with E-state index in [1.807, 2.05) is 54.8 Å². The molecule has 148 valence electrons. The van der Waals surface area contributed by atoms with Crippen LogP contribution in [0, 0.1) is 0 Å². The molecular formula is C25H21N3O2. The van der Waals surface area contributed by atoms with Gasteiger partial charge in [0.15, 0.2) is 0 Å². The summed E-state index contributed by atoms with van der Waals surface area (Å²) in [5.41, 5.74) is 3.71. The second-order valence-electron chi connectivity index (χ2n) is 7.30. The average molecular weight is 395 g/mol. The third-order valence-electron chi connectivity index (χ3n) is 5.46. The van der Waals surface area contributed by atoms with Gasteiger partial charge in [0, 0.05) is 18.1 Å². The van der Waals surface area contributed by atoms with Gasteiger partial charge in [-0.1, -0.05) is 42.5 Å². The summed E-state index contributed by atoms with van der Waals surface area (Å²) in [6.07, 6.45) is 8.10. The Morgan fingerprint density at radius 1 is 1.07 bits per heavy atom. The molecule has 0 fully saturated rings. The molecule has 3 aromatic carbocycles. The molecule has 30 heavy (non-hydrogen) atoms. The maximum atomic E-state index is 13.4. The number of rotatable bonds is 4. The molecule has 0 saturated heterocycles. The number of dihydropyridines is 1. The van der Waals surface area contributed by atoms with Gasteiger partial charge in [0.2, 0.25) is 0 Å². The molecular weight excluding hydrogens is 374 g/mol. The minimum atomic E-state index is -0.0682. The third-order valence-corrected chi connectivity index (χ3v) is 5.46. The predicted octanol–water partition coefficient (Wildman–Crippen LogP) is 4.11. The Morgan fingerprint density at radius 3 is 2.60 bits per heavy atom. The van der Waals surface area contributed by atoms with Gasteiger partial charge in [-0.2, -0.15) is 0 Å². The van der Waals surface area contributed by atoms with Crippen LogP contribution in [-0.2, 0) is 6.42 Å². The molecule has 0 saturated carbocycles. The van der Waals surface area contributed by atoms with Crippen molar-refractivity contribution in [3.05, 3.63) is 101 Å². The largest absolute Gasteiger partial charge is 0.497 e. The molecule has 0 radical (unpaired) electrons. The Bertz CT molecular complexity index is 1370. The first kappa shape index (κ1) is 18.2. The zero-order valence-electron chi connectivity index (χ0n) is 16.6. The lowest BCUT2D eigenvalue weighted by Crippen LogP contribution is -2.22. The zero-order valence-corrected chi connectivity index (χ0v) is 16.6. The molecule has 2 heterocycles. The van der Waals surface area contributed by atoms with E-state index in [0.29, 0.717) is 5.39 Å². The van der Waals surface area contributed by atoms with Crippen LogP contribution in [-0.4, -0.2) is 23.2 Å². The first-order chi connectivity index (χ1) is 14.7. The van der Waals surface area contributed by atoms with Crippen molar-refractivity contribution in [3.63, 3.8) is 0 Å². The molecule has 0 amide bonds. The lowest BCUT2D eigenvalue weighted by Gasteiger charge is -2.14. The normalized spacial score (nSPS) is 13.3. The number of fused-ring (bicyclic) bond motifs is 3. The Labute approximate surface area is 173 Å². The fourth-order valence-electron chi connectivity index (χ4n) is 3.94. The van der Waals surface area contributed by atoms with Crippen LogP contribution in [0.1, 0.15) is 11.1 Å². The van der Waals surface area contributed by atoms with Crippen LogP contribution in [0.4, 0.5) is 0 Å². The lowest BCUT2D eigenvalue weighted by atomic mass is 9.96. The van der Waals surface area contributed by atoms with E-state index in [9.17, 15) is 4.79 Å². The highest BCUT2D eigenvalue weighted by atomic mass is 16.5. The molecule has 0 unspecified atom stereocenters. The lowest BCUT2D eigenvalue weighted by molar-refractivity contribution is 0.414. The van der Waals surface area contributed by atoms with Crippen molar-refractivity contribution in [2.45, 2.75) is 6.42 Å². The molecule has 0 spiro atoms. The Balaban J connectivity index is 1.70. The molecule has 0 aliphatic carbocycles. The van der Waals surface area contributed by atoms with Crippen molar-refractivity contribution in [2.75, 3.05) is 13.7 Å². The van der Waals surface area contributed by atoms with Gasteiger partial charge < -0.3 is 10.1 Å². The average Bonchev–Trinajstić information content (AvgIpc) is 2.81. The highest BCUT2D eigenvalue weighted by Crippen LogP contribution is 2.28. The smallest absolute Gasteiger partial charge is 0.265 e. The number of allylic oxidation sites excluding steroid dienone is 2. The fraction of sp³-hybridized carbons (Fsp3) is 0.120. The van der Waals surface area contributed by atoms with Gasteiger partial charge in [0.1, 0.15) is 12.1 Å². The number of nitrogens with one attached hydrogen (secondary N) is 1. The van der Waals surface area contributed by atoms with Gasteiger partial charge in [-0.15, -0.1) is 0 Å². The summed E-state index contributed by atoms with van der Waals surface area (Å²) in [6, 6.07) is 18.2. The van der Waals surface area contributed by atoms with E-state index < -0.39 is 0 Å². The monoisotopic (exact) mass is 395 g/mol. The van der Waals surface area contributed by atoms with Crippen molar-refractivity contribution in [3.8, 4) is 5.75 Å². The Kier molecular flexibility index (Phi) is 4.56. The quantitative estimate of drug-likeness (QED) is 0.529. The summed E-state index contributed by atoms with van der Waals surface area (Å²) >= 11 is 0. The van der Waals surface area contributed by atoms with Crippen molar-refractivity contribution in [1.29, 1.82) is 0 Å². The van der Waals surface area contributed by atoms with Crippen LogP contribution in [0.25, 0.3) is 27.4 Å². The maximum absolute atomic E-state index is 13.4. The van der Waals surface area contributed by atoms with Gasteiger partial charge in [-0.05, 0) is 47.2 Å². The van der Waals surface area contributed by atoms with Crippen molar-refractivity contribution < 1.29 is 4.74 Å². The van der Waals surface area contributed by atoms with Gasteiger partial charge in [0.05, 0.1) is 23.7 Å². The number of benzene rings is 3. The number of aromatic nitrogens is 2. The zero-order chi connectivity index (χ0) is 20.5. The second kappa shape index (κ2) is 7.52. The molecule has 5 nitrogen and oxygen atoms in total. The number of hydrogen-bond acceptors (Lipinski definition) is 4. The molecule has 1 aliphatic rings. The van der Waals surface area contributed by atoms with Crippen LogP contribution >= 0.6 is 0 Å². The number of hydrogen-bond donors (Lipinski definition) is 1. The number of nitrogens with zero attached hydrogens (tertiary/aromatic N) is 2. The molecule has 1 aromatic heterocycles. The molecule has 0 atom stereocenters. The highest BCUT2D eigenvalue weighted by Gasteiger charge is 2.13. The molecule has 0 bridgehead atoms. The summed E-state index contributed by atoms with van der Waals surface area (Å²) in [5, 5.41) is 5.88. The molecule has 1 aliphatic heterocycles. The van der Waals surface area contributed by atoms with E-state index in [2.05, 4.69) is 28.5 Å². The van der Waals surface area contributed by atoms with Gasteiger partial charge in [-0.25, -0.2) is 4.98 Å². The summed E-state index contributed by atoms with van der Waals surface area (Å²) < 4.78 is 6.86. The van der Waals surface area contributed by atoms with E-state index in [1.165, 1.54) is 0 Å². The number of methoxy groups -OCH3 is 1. The van der Waals surface area contributed by atoms with E-state index in [-0.39, 0.29) is 5.56 Å². The van der Waals surface area contributed by atoms with Crippen LogP contribution in [0.5, 0.6) is 5.75 Å². The third kappa shape index (κ3) is 3.14. The Morgan fingerprint density at radius 2 is 1.87 bits per heavy atom. The molecule has 5 rings (SSSR count). The summed E-state index contributed by atoms with van der Waals surface area (Å²) in [5.74, 6) is 0.830. The second-order valence-corrected chi connectivity index (χ2v) is 7.30. The first-order valence-corrected chi connectivity index (χ1v) is 9.90. The predicted molar refractivity (Wildman–Crippen MR) is 121 cm³/mol. The van der Waals surface area contributed by atoms with Crippen LogP contribution in [0.2, 0.25) is 0 Å². The highest BCUT2D eigenvalue weighted by molar-refractivity contribution is 6.06. The summed E-state index contributed by atoms with van der Waals surface area (Å²) in [7, 11) is 1.66. The van der Waals surface area contributed by atoms with Crippen molar-refractivity contribution in [2.24, 2.45) is 0 Å². The van der Waals surface area contributed by atoms with E-state index in [0.717, 1.165) is 51.8 Å². The molecule has 4 aromatic rings. The molecule has 5 heteroatoms. The van der Waals surface area contributed by atoms with E-state index in [4.69, 9.17) is 4.74 Å². The minimum absolute atomic E-state index is 0.0682. The molecule has 1 N–H and O–H groups in total. The van der Waals surface area contributed by atoms with E-state index in [1.54, 1.807) is 18.0 Å². The summed E-state index contributed by atoms with van der Waals surface area (Å²) in [6.45, 7) is 0.760. The van der Waals surface area contributed by atoms with Crippen LogP contribution < -0.4 is 15.6 Å². The SMILES string of the molecule is COc1ccc(Cc2cc3c(=O)n(C4=CNCC=C4)cnc3c3ccccc23)cc1. The standard InChI is InChI=1S/C25H21N3O2/c1-30-20-10-8-17(9-11-20)13-18-14-23-24(22-7-3-2-6-21(18)22)27-16-28(25(23)29)19-5-4-12-26-15-19/h2-11,14-16,26H,12-13H2,1H3. The van der Waals surface area contributed by atoms with Gasteiger partial charge >= 0.3 is 0 Å². The fourth-order valence-corrected chi connectivity index (χ4v) is 3.94. The van der Waals surface area contributed by atoms with Crippen LogP contribution in [0.3, 0.4) is 0 Å². The van der Waals surface area contributed by atoms with Crippen LogP contribution in [0.15, 0.2) is 84.1 Å². The van der Waals surface area contributed by atoms with Crippen molar-refractivity contribution in [1.82, 2.24) is 14.9 Å². The Hall–Kier alpha value is -3.86. The van der Waals surface area contributed by atoms with Gasteiger partial charge in [-0.3, -0.25) is 9.36 Å². The van der Waals surface area contributed by atoms with Crippen molar-refractivity contribution >= 4 is 27.4 Å². The minimum Gasteiger partial charge on any atom is -0.497 e. The van der Waals surface area contributed by atoms with Gasteiger partial charge in [0.25, 0.3) is 5.56 Å². The number of ether oxygens (including phenoxy) is 1. The maximum Gasteiger partial charge on any atom is 0.265 e.